The number of ether oxygens (including phenoxy) is 7. The SMILES string of the molecule is C=CCO[C@H]1OC(C)[C@H](OC(C)=O)C(O[C@@H]2OC(C)[C@H](C)[C@@H]3OC(C)(C)OC23)[C@H]1O. The Bertz CT molecular complexity index is 624. The Labute approximate surface area is 177 Å². The molecule has 0 aromatic carbocycles. The Balaban J connectivity index is 1.83. The van der Waals surface area contributed by atoms with Gasteiger partial charge in [-0.3, -0.25) is 4.79 Å². The molecule has 3 rings (SSSR count). The Morgan fingerprint density at radius 1 is 1.07 bits per heavy atom. The smallest absolute Gasteiger partial charge is 0.303 e. The first-order chi connectivity index (χ1) is 14.0. The second-order valence-electron chi connectivity index (χ2n) is 8.63. The molecule has 3 aliphatic heterocycles. The number of fused-ring (bicyclic) bond motifs is 1. The minimum atomic E-state index is -1.22. The van der Waals surface area contributed by atoms with Gasteiger partial charge in [0.25, 0.3) is 0 Å². The fourth-order valence-corrected chi connectivity index (χ4v) is 4.18. The molecule has 3 saturated heterocycles. The lowest BCUT2D eigenvalue weighted by molar-refractivity contribution is -0.344. The van der Waals surface area contributed by atoms with Gasteiger partial charge >= 0.3 is 5.97 Å². The molecular weight excluding hydrogens is 396 g/mol. The zero-order chi connectivity index (χ0) is 22.2. The first kappa shape index (κ1) is 23.6. The third-order valence-corrected chi connectivity index (χ3v) is 5.76. The predicted octanol–water partition coefficient (Wildman–Crippen LogP) is 1.51. The van der Waals surface area contributed by atoms with Crippen LogP contribution in [0.1, 0.15) is 41.5 Å². The highest BCUT2D eigenvalue weighted by molar-refractivity contribution is 5.66. The van der Waals surface area contributed by atoms with Crippen molar-refractivity contribution in [3.8, 4) is 0 Å². The first-order valence-electron chi connectivity index (χ1n) is 10.4. The van der Waals surface area contributed by atoms with Gasteiger partial charge in [0.1, 0.15) is 18.3 Å². The molecule has 0 aromatic heterocycles. The lowest BCUT2D eigenvalue weighted by Gasteiger charge is -2.46. The van der Waals surface area contributed by atoms with Gasteiger partial charge in [-0.15, -0.1) is 6.58 Å². The second kappa shape index (κ2) is 9.20. The summed E-state index contributed by atoms with van der Waals surface area (Å²) in [5.41, 5.74) is 0. The molecular formula is C21H34O9. The summed E-state index contributed by atoms with van der Waals surface area (Å²) in [7, 11) is 0. The summed E-state index contributed by atoms with van der Waals surface area (Å²) in [5, 5.41) is 10.9. The number of carbonyl (C=O) groups excluding carboxylic acids is 1. The molecule has 0 spiro atoms. The number of esters is 1. The van der Waals surface area contributed by atoms with Crippen LogP contribution in [0.25, 0.3) is 0 Å². The van der Waals surface area contributed by atoms with Crippen molar-refractivity contribution in [3.63, 3.8) is 0 Å². The van der Waals surface area contributed by atoms with Crippen molar-refractivity contribution in [2.24, 2.45) is 5.92 Å². The first-order valence-corrected chi connectivity index (χ1v) is 10.4. The Hall–Kier alpha value is -1.07. The standard InChI is InChI=1S/C21H34O9/c1-8-9-24-19-14(23)17(16(12(4)26-19)27-13(5)22)28-20-18-15(10(2)11(3)25-20)29-21(6,7)30-18/h8,10-12,14-20,23H,1,9H2,2-7H3/t10-,11?,12?,14+,15-,16-,17?,18?,19-,20-/m0/s1. The van der Waals surface area contributed by atoms with Gasteiger partial charge in [0.05, 0.1) is 24.9 Å². The molecule has 0 aromatic rings. The van der Waals surface area contributed by atoms with E-state index in [2.05, 4.69) is 6.58 Å². The van der Waals surface area contributed by atoms with E-state index in [9.17, 15) is 9.90 Å². The van der Waals surface area contributed by atoms with Crippen LogP contribution in [0.3, 0.4) is 0 Å². The van der Waals surface area contributed by atoms with Crippen molar-refractivity contribution in [1.82, 2.24) is 0 Å². The van der Waals surface area contributed by atoms with Crippen LogP contribution < -0.4 is 0 Å². The van der Waals surface area contributed by atoms with Gasteiger partial charge in [0.2, 0.25) is 0 Å². The summed E-state index contributed by atoms with van der Waals surface area (Å²) in [4.78, 5) is 11.7. The minimum absolute atomic E-state index is 0.0862. The maximum atomic E-state index is 11.7. The van der Waals surface area contributed by atoms with Crippen LogP contribution in [0.4, 0.5) is 0 Å². The summed E-state index contributed by atoms with van der Waals surface area (Å²) < 4.78 is 41.1. The molecule has 0 amide bonds. The van der Waals surface area contributed by atoms with Gasteiger partial charge in [-0.25, -0.2) is 0 Å². The highest BCUT2D eigenvalue weighted by Crippen LogP contribution is 2.41. The van der Waals surface area contributed by atoms with E-state index in [4.69, 9.17) is 33.2 Å². The van der Waals surface area contributed by atoms with Gasteiger partial charge < -0.3 is 38.3 Å². The topological polar surface area (TPSA) is 102 Å². The van der Waals surface area contributed by atoms with Crippen molar-refractivity contribution in [3.05, 3.63) is 12.7 Å². The van der Waals surface area contributed by atoms with Gasteiger partial charge in [0, 0.05) is 12.8 Å². The van der Waals surface area contributed by atoms with E-state index in [0.29, 0.717) is 0 Å². The average Bonchev–Trinajstić information content (AvgIpc) is 2.99. The molecule has 0 aliphatic carbocycles. The largest absolute Gasteiger partial charge is 0.457 e. The maximum absolute atomic E-state index is 11.7. The zero-order valence-corrected chi connectivity index (χ0v) is 18.5. The van der Waals surface area contributed by atoms with Crippen LogP contribution in [-0.4, -0.2) is 78.8 Å². The number of carbonyl (C=O) groups is 1. The third-order valence-electron chi connectivity index (χ3n) is 5.76. The summed E-state index contributed by atoms with van der Waals surface area (Å²) in [6.45, 7) is 14.5. The highest BCUT2D eigenvalue weighted by atomic mass is 16.8. The third kappa shape index (κ3) is 4.88. The average molecular weight is 430 g/mol. The van der Waals surface area contributed by atoms with Gasteiger partial charge in [0.15, 0.2) is 24.5 Å². The lowest BCUT2D eigenvalue weighted by Crippen LogP contribution is -2.62. The molecule has 9 heteroatoms. The number of aliphatic hydroxyl groups excluding tert-OH is 1. The van der Waals surface area contributed by atoms with E-state index in [-0.39, 0.29) is 24.7 Å². The lowest BCUT2D eigenvalue weighted by atomic mass is 9.91. The molecule has 10 atom stereocenters. The number of aliphatic hydroxyl groups is 1. The zero-order valence-electron chi connectivity index (χ0n) is 18.5. The fraction of sp³-hybridized carbons (Fsp3) is 0.857. The molecule has 4 unspecified atom stereocenters. The molecule has 172 valence electrons. The van der Waals surface area contributed by atoms with Crippen LogP contribution in [0.15, 0.2) is 12.7 Å². The Morgan fingerprint density at radius 3 is 2.33 bits per heavy atom. The highest BCUT2D eigenvalue weighted by Gasteiger charge is 2.56. The quantitative estimate of drug-likeness (QED) is 0.496. The molecule has 0 radical (unpaired) electrons. The molecule has 3 fully saturated rings. The van der Waals surface area contributed by atoms with Crippen molar-refractivity contribution < 1.29 is 43.1 Å². The van der Waals surface area contributed by atoms with Crippen LogP contribution >= 0.6 is 0 Å². The molecule has 9 nitrogen and oxygen atoms in total. The minimum Gasteiger partial charge on any atom is -0.457 e. The molecule has 0 bridgehead atoms. The molecule has 3 heterocycles. The summed E-state index contributed by atoms with van der Waals surface area (Å²) in [6.07, 6.45) is -4.75. The number of rotatable bonds is 6. The second-order valence-corrected chi connectivity index (χ2v) is 8.63. The van der Waals surface area contributed by atoms with Crippen LogP contribution in [0.2, 0.25) is 0 Å². The molecule has 30 heavy (non-hydrogen) atoms. The maximum Gasteiger partial charge on any atom is 0.303 e. The normalized spacial score (nSPS) is 45.6. The Kier molecular flexibility index (Phi) is 7.23. The van der Waals surface area contributed by atoms with Crippen LogP contribution in [0, 0.1) is 5.92 Å². The molecule has 0 saturated carbocycles. The van der Waals surface area contributed by atoms with Crippen molar-refractivity contribution in [2.45, 2.75) is 103 Å². The number of hydrogen-bond acceptors (Lipinski definition) is 9. The van der Waals surface area contributed by atoms with Crippen molar-refractivity contribution in [2.75, 3.05) is 6.61 Å². The van der Waals surface area contributed by atoms with E-state index in [1.165, 1.54) is 6.92 Å². The summed E-state index contributed by atoms with van der Waals surface area (Å²) in [5.74, 6) is -1.21. The Morgan fingerprint density at radius 2 is 1.70 bits per heavy atom. The van der Waals surface area contributed by atoms with E-state index in [1.807, 2.05) is 27.7 Å². The molecule has 1 N–H and O–H groups in total. The van der Waals surface area contributed by atoms with Crippen LogP contribution in [-0.2, 0) is 38.0 Å². The van der Waals surface area contributed by atoms with E-state index in [1.54, 1.807) is 13.0 Å². The predicted molar refractivity (Wildman–Crippen MR) is 104 cm³/mol. The van der Waals surface area contributed by atoms with E-state index in [0.717, 1.165) is 0 Å². The van der Waals surface area contributed by atoms with Crippen LogP contribution in [0.5, 0.6) is 0 Å². The fourth-order valence-electron chi connectivity index (χ4n) is 4.18. The summed E-state index contributed by atoms with van der Waals surface area (Å²) in [6, 6.07) is 0. The number of hydrogen-bond donors (Lipinski definition) is 1. The van der Waals surface area contributed by atoms with Crippen molar-refractivity contribution >= 4 is 5.97 Å². The van der Waals surface area contributed by atoms with Gasteiger partial charge in [-0.1, -0.05) is 13.0 Å². The molecule has 3 aliphatic rings. The van der Waals surface area contributed by atoms with E-state index < -0.39 is 54.9 Å². The monoisotopic (exact) mass is 430 g/mol. The summed E-state index contributed by atoms with van der Waals surface area (Å²) >= 11 is 0. The van der Waals surface area contributed by atoms with Gasteiger partial charge in [-0.2, -0.15) is 0 Å². The van der Waals surface area contributed by atoms with Gasteiger partial charge in [-0.05, 0) is 27.7 Å². The van der Waals surface area contributed by atoms with Crippen molar-refractivity contribution in [1.29, 1.82) is 0 Å². The van der Waals surface area contributed by atoms with E-state index >= 15 is 0 Å².